The van der Waals surface area contributed by atoms with E-state index in [0.717, 1.165) is 31.5 Å². The van der Waals surface area contributed by atoms with Gasteiger partial charge in [-0.3, -0.25) is 9.88 Å². The Labute approximate surface area is 188 Å². The van der Waals surface area contributed by atoms with Crippen LogP contribution in [0.1, 0.15) is 59.0 Å². The normalized spacial score (nSPS) is 25.1. The van der Waals surface area contributed by atoms with E-state index in [-0.39, 0.29) is 11.4 Å². The van der Waals surface area contributed by atoms with Crippen LogP contribution < -0.4 is 0 Å². The molecule has 1 N–H and O–H groups in total. The number of aliphatic hydroxyl groups excluding tert-OH is 1. The molecule has 3 aromatic rings. The molecular formula is C27H27ClN2O. The molecule has 4 heteroatoms. The average molecular weight is 431 g/mol. The molecule has 1 aromatic heterocycles. The van der Waals surface area contributed by atoms with Gasteiger partial charge in [-0.1, -0.05) is 42.5 Å². The van der Waals surface area contributed by atoms with E-state index in [9.17, 15) is 5.11 Å². The maximum Gasteiger partial charge on any atom is 0.112 e. The van der Waals surface area contributed by atoms with Crippen LogP contribution in [0.25, 0.3) is 16.8 Å². The molecule has 2 aromatic carbocycles. The molecule has 2 aliphatic carbocycles. The maximum absolute atomic E-state index is 10.8. The number of aromatic nitrogens is 1. The van der Waals surface area contributed by atoms with Crippen LogP contribution in [0.3, 0.4) is 0 Å². The largest absolute Gasteiger partial charge is 0.388 e. The van der Waals surface area contributed by atoms with Crippen molar-refractivity contribution in [2.45, 2.75) is 36.8 Å². The zero-order valence-electron chi connectivity index (χ0n) is 17.5. The number of halogens is 1. The van der Waals surface area contributed by atoms with Crippen LogP contribution in [0.2, 0.25) is 0 Å². The minimum absolute atomic E-state index is 0.135. The number of piperidine rings is 1. The fourth-order valence-electron chi connectivity index (χ4n) is 5.68. The van der Waals surface area contributed by atoms with Crippen molar-refractivity contribution in [1.82, 2.24) is 9.88 Å². The van der Waals surface area contributed by atoms with Gasteiger partial charge in [-0.15, -0.1) is 11.6 Å². The number of pyridine rings is 1. The number of benzene rings is 2. The molecule has 0 spiro atoms. The van der Waals surface area contributed by atoms with Crippen LogP contribution in [-0.2, 0) is 0 Å². The zero-order chi connectivity index (χ0) is 20.9. The van der Waals surface area contributed by atoms with Crippen molar-refractivity contribution in [3.05, 3.63) is 83.2 Å². The Bertz CT molecular complexity index is 1140. The first kappa shape index (κ1) is 19.5. The second kappa shape index (κ2) is 7.74. The molecule has 3 nitrogen and oxygen atoms in total. The molecule has 0 amide bonds. The highest BCUT2D eigenvalue weighted by atomic mass is 35.5. The molecule has 0 bridgehead atoms. The lowest BCUT2D eigenvalue weighted by molar-refractivity contribution is 0.0547. The molecule has 31 heavy (non-hydrogen) atoms. The molecule has 4 atom stereocenters. The Kier molecular flexibility index (Phi) is 4.86. The van der Waals surface area contributed by atoms with Crippen LogP contribution in [0.4, 0.5) is 0 Å². The SMILES string of the molecule is OC(c1cccnc1)C1CCN(C(Cl)c2c3c(cc4ccccc24)C=CC2CC32)CC1. The van der Waals surface area contributed by atoms with E-state index >= 15 is 0 Å². The van der Waals surface area contributed by atoms with Crippen LogP contribution in [0.5, 0.6) is 0 Å². The van der Waals surface area contributed by atoms with Crippen molar-refractivity contribution in [3.63, 3.8) is 0 Å². The van der Waals surface area contributed by atoms with Gasteiger partial charge in [-0.25, -0.2) is 0 Å². The number of fused-ring (bicyclic) bond motifs is 4. The number of alkyl halides is 1. The summed E-state index contributed by atoms with van der Waals surface area (Å²) in [5.41, 5.74) is 4.92. The summed E-state index contributed by atoms with van der Waals surface area (Å²) >= 11 is 7.26. The summed E-state index contributed by atoms with van der Waals surface area (Å²) in [6, 6.07) is 14.9. The molecule has 2 heterocycles. The summed E-state index contributed by atoms with van der Waals surface area (Å²) < 4.78 is 0. The minimum Gasteiger partial charge on any atom is -0.388 e. The lowest BCUT2D eigenvalue weighted by atomic mass is 9.85. The molecule has 0 radical (unpaired) electrons. The molecule has 1 aliphatic heterocycles. The van der Waals surface area contributed by atoms with Gasteiger partial charge in [0.2, 0.25) is 0 Å². The Hall–Kier alpha value is -2.20. The van der Waals surface area contributed by atoms with Crippen LogP contribution in [0, 0.1) is 11.8 Å². The van der Waals surface area contributed by atoms with Crippen LogP contribution >= 0.6 is 11.6 Å². The van der Waals surface area contributed by atoms with Crippen LogP contribution in [0.15, 0.2) is 60.9 Å². The molecule has 1 saturated carbocycles. The van der Waals surface area contributed by atoms with Gasteiger partial charge in [0.15, 0.2) is 0 Å². The summed E-state index contributed by atoms with van der Waals surface area (Å²) in [5, 5.41) is 13.4. The second-order valence-electron chi connectivity index (χ2n) is 9.32. The number of nitrogens with zero attached hydrogens (tertiary/aromatic N) is 2. The van der Waals surface area contributed by atoms with Crippen molar-refractivity contribution < 1.29 is 5.11 Å². The first-order valence-corrected chi connectivity index (χ1v) is 11.8. The van der Waals surface area contributed by atoms with Gasteiger partial charge in [0.05, 0.1) is 6.10 Å². The molecule has 1 saturated heterocycles. The number of likely N-dealkylation sites (tertiary alicyclic amines) is 1. The van der Waals surface area contributed by atoms with Gasteiger partial charge in [0, 0.05) is 25.5 Å². The van der Waals surface area contributed by atoms with Crippen molar-refractivity contribution >= 4 is 28.4 Å². The minimum atomic E-state index is -0.452. The standard InChI is InChI=1S/C27H27ClN2O/c28-27(30-12-9-17(10-13-30)26(31)21-5-3-11-29-16-21)25-22-6-2-1-4-18(22)14-20-8-7-19-15-23(19)24(20)25/h1-8,11,14,16-17,19,23,26-27,31H,9-10,12-13,15H2. The number of hydrogen-bond acceptors (Lipinski definition) is 3. The molecular weight excluding hydrogens is 404 g/mol. The van der Waals surface area contributed by atoms with Crippen molar-refractivity contribution in [2.75, 3.05) is 13.1 Å². The average Bonchev–Trinajstić information content (AvgIpc) is 3.62. The summed E-state index contributed by atoms with van der Waals surface area (Å²) in [4.78, 5) is 6.58. The number of allylic oxidation sites excluding steroid dienone is 1. The molecule has 3 aliphatic rings. The van der Waals surface area contributed by atoms with Crippen molar-refractivity contribution in [2.24, 2.45) is 11.8 Å². The number of aliphatic hydroxyl groups is 1. The zero-order valence-corrected chi connectivity index (χ0v) is 18.2. The topological polar surface area (TPSA) is 36.4 Å². The Morgan fingerprint density at radius 2 is 1.94 bits per heavy atom. The van der Waals surface area contributed by atoms with Crippen LogP contribution in [-0.4, -0.2) is 28.1 Å². The number of rotatable bonds is 4. The summed E-state index contributed by atoms with van der Waals surface area (Å²) in [6.07, 6.45) is 10.9. The van der Waals surface area contributed by atoms with Crippen molar-refractivity contribution in [1.29, 1.82) is 0 Å². The highest BCUT2D eigenvalue weighted by Crippen LogP contribution is 2.56. The highest BCUT2D eigenvalue weighted by molar-refractivity contribution is 6.22. The van der Waals surface area contributed by atoms with Gasteiger partial charge in [0.1, 0.15) is 5.50 Å². The van der Waals surface area contributed by atoms with E-state index in [1.807, 2.05) is 12.1 Å². The Morgan fingerprint density at radius 1 is 1.10 bits per heavy atom. The molecule has 158 valence electrons. The van der Waals surface area contributed by atoms with Crippen molar-refractivity contribution in [3.8, 4) is 0 Å². The van der Waals surface area contributed by atoms with Gasteiger partial charge in [0.25, 0.3) is 0 Å². The van der Waals surface area contributed by atoms with Gasteiger partial charge in [-0.05, 0) is 82.2 Å². The smallest absolute Gasteiger partial charge is 0.112 e. The highest BCUT2D eigenvalue weighted by Gasteiger charge is 2.43. The van der Waals surface area contributed by atoms with E-state index in [1.165, 1.54) is 33.9 Å². The lowest BCUT2D eigenvalue weighted by Gasteiger charge is -2.38. The fourth-order valence-corrected chi connectivity index (χ4v) is 6.11. The lowest BCUT2D eigenvalue weighted by Crippen LogP contribution is -2.37. The predicted molar refractivity (Wildman–Crippen MR) is 126 cm³/mol. The monoisotopic (exact) mass is 430 g/mol. The summed E-state index contributed by atoms with van der Waals surface area (Å²) in [6.45, 7) is 1.80. The Balaban J connectivity index is 1.28. The first-order chi connectivity index (χ1) is 15.2. The third-order valence-corrected chi connectivity index (χ3v) is 8.00. The molecule has 2 fully saturated rings. The summed E-state index contributed by atoms with van der Waals surface area (Å²) in [5.74, 6) is 1.57. The van der Waals surface area contributed by atoms with Gasteiger partial charge < -0.3 is 5.11 Å². The number of hydrogen-bond donors (Lipinski definition) is 1. The Morgan fingerprint density at radius 3 is 2.74 bits per heavy atom. The second-order valence-corrected chi connectivity index (χ2v) is 9.73. The van der Waals surface area contributed by atoms with E-state index in [2.05, 4.69) is 52.4 Å². The third kappa shape index (κ3) is 3.40. The third-order valence-electron chi connectivity index (χ3n) is 7.50. The molecule has 6 rings (SSSR count). The van der Waals surface area contributed by atoms with E-state index in [4.69, 9.17) is 11.6 Å². The first-order valence-electron chi connectivity index (χ1n) is 11.4. The maximum atomic E-state index is 10.8. The molecule has 4 unspecified atom stereocenters. The van der Waals surface area contributed by atoms with E-state index < -0.39 is 6.10 Å². The van der Waals surface area contributed by atoms with E-state index in [1.54, 1.807) is 12.4 Å². The quantitative estimate of drug-likeness (QED) is 0.404. The van der Waals surface area contributed by atoms with Gasteiger partial charge >= 0.3 is 0 Å². The van der Waals surface area contributed by atoms with E-state index in [0.29, 0.717) is 11.8 Å². The fraction of sp³-hybridized carbons (Fsp3) is 0.370. The predicted octanol–water partition coefficient (Wildman–Crippen LogP) is 6.05. The van der Waals surface area contributed by atoms with Gasteiger partial charge in [-0.2, -0.15) is 0 Å². The summed E-state index contributed by atoms with van der Waals surface area (Å²) in [7, 11) is 0.